The highest BCUT2D eigenvalue weighted by Crippen LogP contribution is 2.39. The minimum atomic E-state index is -0.163. The number of rotatable bonds is 4. The Morgan fingerprint density at radius 1 is 1.44 bits per heavy atom. The molecule has 0 aliphatic heterocycles. The molecular weight excluding hydrogens is 218 g/mol. The van der Waals surface area contributed by atoms with Gasteiger partial charge in [0.25, 0.3) is 0 Å². The van der Waals surface area contributed by atoms with Gasteiger partial charge in [-0.1, -0.05) is 25.3 Å². The molecule has 1 amide bonds. The lowest BCUT2D eigenvalue weighted by Crippen LogP contribution is -2.22. The van der Waals surface area contributed by atoms with Crippen LogP contribution in [0.5, 0.6) is 0 Å². The number of amides is 1. The lowest BCUT2D eigenvalue weighted by molar-refractivity contribution is -0.118. The van der Waals surface area contributed by atoms with Gasteiger partial charge in [0, 0.05) is 17.2 Å². The Morgan fingerprint density at radius 2 is 2.19 bits per heavy atom. The van der Waals surface area contributed by atoms with E-state index in [2.05, 4.69) is 17.5 Å². The van der Waals surface area contributed by atoms with Crippen molar-refractivity contribution in [3.8, 4) is 0 Å². The van der Waals surface area contributed by atoms with Crippen LogP contribution in [0, 0.1) is 5.92 Å². The fourth-order valence-corrected chi connectivity index (χ4v) is 3.68. The molecule has 1 heterocycles. The Bertz CT molecular complexity index is 328. The maximum atomic E-state index is 11.2. The van der Waals surface area contributed by atoms with Gasteiger partial charge in [-0.25, -0.2) is 0 Å². The smallest absolute Gasteiger partial charge is 0.218 e. The first-order valence-corrected chi connectivity index (χ1v) is 6.97. The van der Waals surface area contributed by atoms with E-state index in [0.717, 1.165) is 0 Å². The first-order chi connectivity index (χ1) is 7.77. The average molecular weight is 237 g/mol. The van der Waals surface area contributed by atoms with Gasteiger partial charge in [-0.2, -0.15) is 0 Å². The summed E-state index contributed by atoms with van der Waals surface area (Å²) in [5.74, 6) is 0.877. The number of primary amides is 1. The normalized spacial score (nSPS) is 19.5. The van der Waals surface area contributed by atoms with E-state index in [4.69, 9.17) is 5.73 Å². The molecule has 16 heavy (non-hydrogen) atoms. The van der Waals surface area contributed by atoms with Gasteiger partial charge < -0.3 is 5.73 Å². The molecule has 88 valence electrons. The van der Waals surface area contributed by atoms with Gasteiger partial charge in [0.2, 0.25) is 5.91 Å². The number of nitrogens with two attached hydrogens (primary N) is 1. The summed E-state index contributed by atoms with van der Waals surface area (Å²) in [7, 11) is 0. The van der Waals surface area contributed by atoms with Crippen molar-refractivity contribution < 1.29 is 4.79 Å². The highest BCUT2D eigenvalue weighted by atomic mass is 32.1. The highest BCUT2D eigenvalue weighted by molar-refractivity contribution is 7.10. The third-order valence-electron chi connectivity index (χ3n) is 3.55. The van der Waals surface area contributed by atoms with E-state index >= 15 is 0 Å². The Morgan fingerprint density at radius 3 is 2.75 bits per heavy atom. The first-order valence-electron chi connectivity index (χ1n) is 6.09. The zero-order chi connectivity index (χ0) is 11.4. The van der Waals surface area contributed by atoms with E-state index in [1.54, 1.807) is 11.3 Å². The molecule has 2 rings (SSSR count). The number of carbonyl (C=O) groups excluding carboxylic acids is 1. The molecular formula is C13H19NOS. The number of carbonyl (C=O) groups is 1. The minimum Gasteiger partial charge on any atom is -0.370 e. The third-order valence-corrected chi connectivity index (χ3v) is 4.55. The van der Waals surface area contributed by atoms with E-state index in [-0.39, 0.29) is 5.91 Å². The largest absolute Gasteiger partial charge is 0.370 e. The zero-order valence-electron chi connectivity index (χ0n) is 9.52. The van der Waals surface area contributed by atoms with Gasteiger partial charge in [0.05, 0.1) is 0 Å². The van der Waals surface area contributed by atoms with Crippen molar-refractivity contribution in [2.24, 2.45) is 11.7 Å². The first kappa shape index (κ1) is 11.6. The number of hydrogen-bond acceptors (Lipinski definition) is 2. The van der Waals surface area contributed by atoms with Crippen LogP contribution in [0.4, 0.5) is 0 Å². The Balaban J connectivity index is 2.10. The molecule has 1 saturated carbocycles. The second-order valence-electron chi connectivity index (χ2n) is 4.69. The predicted octanol–water partition coefficient (Wildman–Crippen LogP) is 3.29. The summed E-state index contributed by atoms with van der Waals surface area (Å²) in [6.07, 6.45) is 7.01. The molecule has 1 aliphatic rings. The van der Waals surface area contributed by atoms with Crippen LogP contribution in [0.15, 0.2) is 17.5 Å². The molecule has 1 aliphatic carbocycles. The van der Waals surface area contributed by atoms with E-state index in [0.29, 0.717) is 18.3 Å². The number of thiophene rings is 1. The Kier molecular flexibility index (Phi) is 3.99. The molecule has 1 atom stereocenters. The van der Waals surface area contributed by atoms with Crippen LogP contribution in [0.1, 0.15) is 49.3 Å². The van der Waals surface area contributed by atoms with Gasteiger partial charge in [0.1, 0.15) is 0 Å². The molecule has 0 spiro atoms. The predicted molar refractivity (Wildman–Crippen MR) is 67.4 cm³/mol. The summed E-state index contributed by atoms with van der Waals surface area (Å²) in [6, 6.07) is 4.21. The van der Waals surface area contributed by atoms with Crippen molar-refractivity contribution in [3.63, 3.8) is 0 Å². The van der Waals surface area contributed by atoms with Gasteiger partial charge in [-0.3, -0.25) is 4.79 Å². The van der Waals surface area contributed by atoms with Gasteiger partial charge >= 0.3 is 0 Å². The molecule has 2 nitrogen and oxygen atoms in total. The molecule has 0 aromatic carbocycles. The highest BCUT2D eigenvalue weighted by Gasteiger charge is 2.26. The van der Waals surface area contributed by atoms with Gasteiger partial charge in [-0.15, -0.1) is 11.3 Å². The van der Waals surface area contributed by atoms with Crippen molar-refractivity contribution >= 4 is 17.2 Å². The van der Waals surface area contributed by atoms with Crippen LogP contribution in [-0.2, 0) is 4.79 Å². The summed E-state index contributed by atoms with van der Waals surface area (Å²) in [6.45, 7) is 0. The molecule has 0 saturated heterocycles. The summed E-state index contributed by atoms with van der Waals surface area (Å²) >= 11 is 1.76. The third kappa shape index (κ3) is 2.85. The zero-order valence-corrected chi connectivity index (χ0v) is 10.3. The summed E-state index contributed by atoms with van der Waals surface area (Å²) < 4.78 is 0. The lowest BCUT2D eigenvalue weighted by atomic mass is 9.78. The van der Waals surface area contributed by atoms with Crippen LogP contribution in [0.25, 0.3) is 0 Å². The van der Waals surface area contributed by atoms with Crippen molar-refractivity contribution in [1.82, 2.24) is 0 Å². The average Bonchev–Trinajstić information content (AvgIpc) is 2.80. The monoisotopic (exact) mass is 237 g/mol. The molecule has 0 radical (unpaired) electrons. The minimum absolute atomic E-state index is 0.163. The molecule has 1 aromatic rings. The van der Waals surface area contributed by atoms with Crippen LogP contribution in [0.3, 0.4) is 0 Å². The van der Waals surface area contributed by atoms with Crippen LogP contribution < -0.4 is 5.73 Å². The second-order valence-corrected chi connectivity index (χ2v) is 5.67. The summed E-state index contributed by atoms with van der Waals surface area (Å²) in [5, 5.41) is 2.09. The van der Waals surface area contributed by atoms with Gasteiger partial charge in [-0.05, 0) is 30.2 Å². The molecule has 1 fully saturated rings. The molecule has 3 heteroatoms. The summed E-state index contributed by atoms with van der Waals surface area (Å²) in [5.41, 5.74) is 5.37. The van der Waals surface area contributed by atoms with Crippen molar-refractivity contribution in [2.75, 3.05) is 0 Å². The fourth-order valence-electron chi connectivity index (χ4n) is 2.76. The van der Waals surface area contributed by atoms with E-state index < -0.39 is 0 Å². The van der Waals surface area contributed by atoms with Crippen molar-refractivity contribution in [1.29, 1.82) is 0 Å². The van der Waals surface area contributed by atoms with E-state index in [9.17, 15) is 4.79 Å². The lowest BCUT2D eigenvalue weighted by Gasteiger charge is -2.28. The van der Waals surface area contributed by atoms with Crippen LogP contribution in [-0.4, -0.2) is 5.91 Å². The van der Waals surface area contributed by atoms with Crippen molar-refractivity contribution in [2.45, 2.75) is 44.4 Å². The summed E-state index contributed by atoms with van der Waals surface area (Å²) in [4.78, 5) is 12.5. The molecule has 1 aromatic heterocycles. The van der Waals surface area contributed by atoms with Crippen LogP contribution in [0.2, 0.25) is 0 Å². The second kappa shape index (κ2) is 5.48. The van der Waals surface area contributed by atoms with Crippen LogP contribution >= 0.6 is 11.3 Å². The molecule has 1 unspecified atom stereocenters. The Labute approximate surface area is 101 Å². The van der Waals surface area contributed by atoms with E-state index in [1.165, 1.54) is 37.0 Å². The number of hydrogen-bond donors (Lipinski definition) is 1. The van der Waals surface area contributed by atoms with E-state index in [1.807, 2.05) is 0 Å². The fraction of sp³-hybridized carbons (Fsp3) is 0.615. The SMILES string of the molecule is NC(=O)CC(c1cccs1)C1CCCCC1. The Hall–Kier alpha value is -0.830. The quantitative estimate of drug-likeness (QED) is 0.858. The standard InChI is InChI=1S/C13H19NOS/c14-13(15)9-11(12-7-4-8-16-12)10-5-2-1-3-6-10/h4,7-8,10-11H,1-3,5-6,9H2,(H2,14,15). The maximum absolute atomic E-state index is 11.2. The molecule has 0 bridgehead atoms. The maximum Gasteiger partial charge on any atom is 0.218 e. The topological polar surface area (TPSA) is 43.1 Å². The molecule has 2 N–H and O–H groups in total. The van der Waals surface area contributed by atoms with Gasteiger partial charge in [0.15, 0.2) is 0 Å². The van der Waals surface area contributed by atoms with Crippen molar-refractivity contribution in [3.05, 3.63) is 22.4 Å².